The van der Waals surface area contributed by atoms with E-state index in [1.54, 1.807) is 18.3 Å². The minimum Gasteiger partial charge on any atom is -0.481 e. The van der Waals surface area contributed by atoms with Gasteiger partial charge in [0, 0.05) is 11.8 Å². The van der Waals surface area contributed by atoms with Crippen LogP contribution in [0.15, 0.2) is 30.5 Å². The van der Waals surface area contributed by atoms with Crippen LogP contribution in [0.4, 0.5) is 8.78 Å². The second kappa shape index (κ2) is 3.59. The first-order valence-electron chi connectivity index (χ1n) is 4.67. The van der Waals surface area contributed by atoms with Crippen molar-refractivity contribution >= 4 is 16.9 Å². The van der Waals surface area contributed by atoms with Crippen LogP contribution >= 0.6 is 0 Å². The van der Waals surface area contributed by atoms with Crippen LogP contribution in [-0.2, 0) is 10.7 Å². The van der Waals surface area contributed by atoms with Gasteiger partial charge in [-0.25, -0.2) is 8.78 Å². The lowest BCUT2D eigenvalue weighted by Crippen LogP contribution is -2.18. The predicted octanol–water partition coefficient (Wildman–Crippen LogP) is 2.73. The zero-order chi connectivity index (χ0) is 11.8. The van der Waals surface area contributed by atoms with Gasteiger partial charge >= 0.3 is 5.97 Å². The van der Waals surface area contributed by atoms with Crippen LogP contribution in [-0.4, -0.2) is 16.1 Å². The summed E-state index contributed by atoms with van der Waals surface area (Å²) in [7, 11) is 0. The number of alkyl halides is 2. The summed E-state index contributed by atoms with van der Waals surface area (Å²) in [5.41, 5.74) is 0.00569. The molecule has 2 rings (SSSR count). The molecule has 0 atom stereocenters. The highest BCUT2D eigenvalue weighted by Crippen LogP contribution is 2.35. The summed E-state index contributed by atoms with van der Waals surface area (Å²) in [4.78, 5) is 13.1. The molecule has 3 nitrogen and oxygen atoms in total. The van der Waals surface area contributed by atoms with Crippen molar-refractivity contribution < 1.29 is 18.7 Å². The Hall–Kier alpha value is -1.91. The van der Waals surface area contributed by atoms with E-state index in [1.807, 2.05) is 0 Å². The van der Waals surface area contributed by atoms with E-state index in [-0.39, 0.29) is 11.1 Å². The van der Waals surface area contributed by atoms with Gasteiger partial charge in [0.05, 0.1) is 5.52 Å². The summed E-state index contributed by atoms with van der Waals surface area (Å²) in [5.74, 6) is -4.88. The molecule has 1 aromatic carbocycles. The Morgan fingerprint density at radius 3 is 2.81 bits per heavy atom. The Balaban J connectivity index is 2.53. The summed E-state index contributed by atoms with van der Waals surface area (Å²) in [5, 5.41) is 9.08. The number of carboxylic acids is 1. The summed E-state index contributed by atoms with van der Waals surface area (Å²) in [6.07, 6.45) is 0.343. The van der Waals surface area contributed by atoms with Gasteiger partial charge in [0.2, 0.25) is 0 Å². The van der Waals surface area contributed by atoms with Crippen molar-refractivity contribution in [1.29, 1.82) is 0 Å². The van der Waals surface area contributed by atoms with Crippen LogP contribution in [0.1, 0.15) is 12.0 Å². The number of rotatable bonds is 3. The third-order valence-corrected chi connectivity index (χ3v) is 2.35. The first-order valence-corrected chi connectivity index (χ1v) is 4.67. The topological polar surface area (TPSA) is 53.1 Å². The molecule has 2 N–H and O–H groups in total. The molecule has 0 saturated heterocycles. The monoisotopic (exact) mass is 225 g/mol. The minimum absolute atomic E-state index is 0.280. The number of carboxylic acid groups (broad SMARTS) is 1. The Morgan fingerprint density at radius 2 is 2.12 bits per heavy atom. The molecular formula is C11H9F2NO2. The van der Waals surface area contributed by atoms with Crippen molar-refractivity contribution in [3.8, 4) is 0 Å². The molecule has 5 heteroatoms. The zero-order valence-corrected chi connectivity index (χ0v) is 8.21. The van der Waals surface area contributed by atoms with Crippen LogP contribution < -0.4 is 0 Å². The number of nitrogens with one attached hydrogen (secondary N) is 1. The maximum atomic E-state index is 13.6. The summed E-state index contributed by atoms with van der Waals surface area (Å²) >= 11 is 0. The molecular weight excluding hydrogens is 216 g/mol. The van der Waals surface area contributed by atoms with E-state index >= 15 is 0 Å². The Kier molecular flexibility index (Phi) is 2.38. The van der Waals surface area contributed by atoms with Gasteiger partial charge in [0.1, 0.15) is 6.42 Å². The van der Waals surface area contributed by atoms with E-state index < -0.39 is 18.3 Å². The third kappa shape index (κ3) is 1.76. The summed E-state index contributed by atoms with van der Waals surface area (Å²) in [6, 6.07) is 6.07. The van der Waals surface area contributed by atoms with Crippen LogP contribution in [0.5, 0.6) is 0 Å². The summed E-state index contributed by atoms with van der Waals surface area (Å²) in [6.45, 7) is 0. The molecule has 1 heterocycles. The van der Waals surface area contributed by atoms with Crippen LogP contribution in [0.25, 0.3) is 10.9 Å². The quantitative estimate of drug-likeness (QED) is 0.843. The highest BCUT2D eigenvalue weighted by Gasteiger charge is 2.36. The molecule has 0 unspecified atom stereocenters. The smallest absolute Gasteiger partial charge is 0.309 e. The van der Waals surface area contributed by atoms with E-state index in [4.69, 9.17) is 5.11 Å². The number of hydrogen-bond donors (Lipinski definition) is 2. The second-order valence-electron chi connectivity index (χ2n) is 3.52. The van der Waals surface area contributed by atoms with Crippen molar-refractivity contribution in [3.63, 3.8) is 0 Å². The average Bonchev–Trinajstić information content (AvgIpc) is 2.62. The molecule has 0 saturated carbocycles. The minimum atomic E-state index is -3.36. The number of benzene rings is 1. The maximum absolute atomic E-state index is 13.6. The molecule has 0 fully saturated rings. The summed E-state index contributed by atoms with van der Waals surface area (Å²) < 4.78 is 27.2. The normalized spacial score (nSPS) is 11.9. The average molecular weight is 225 g/mol. The van der Waals surface area contributed by atoms with Crippen molar-refractivity contribution in [1.82, 2.24) is 4.98 Å². The molecule has 0 aliphatic heterocycles. The van der Waals surface area contributed by atoms with E-state index in [9.17, 15) is 13.6 Å². The fourth-order valence-electron chi connectivity index (χ4n) is 1.67. The van der Waals surface area contributed by atoms with Gasteiger partial charge in [0.15, 0.2) is 0 Å². The number of aliphatic carboxylic acids is 1. The molecule has 1 aromatic heterocycles. The fraction of sp³-hybridized carbons (Fsp3) is 0.182. The first-order chi connectivity index (χ1) is 7.50. The number of hydrogen-bond acceptors (Lipinski definition) is 1. The van der Waals surface area contributed by atoms with Crippen molar-refractivity contribution in [2.24, 2.45) is 0 Å². The lowest BCUT2D eigenvalue weighted by atomic mass is 10.0. The van der Waals surface area contributed by atoms with Gasteiger partial charge in [-0.2, -0.15) is 0 Å². The molecule has 84 valence electrons. The van der Waals surface area contributed by atoms with Crippen LogP contribution in [0.3, 0.4) is 0 Å². The highest BCUT2D eigenvalue weighted by atomic mass is 19.3. The zero-order valence-electron chi connectivity index (χ0n) is 8.21. The Morgan fingerprint density at radius 1 is 1.38 bits per heavy atom. The number of carbonyl (C=O) groups is 1. The molecule has 0 spiro atoms. The van der Waals surface area contributed by atoms with Crippen LogP contribution in [0.2, 0.25) is 0 Å². The molecule has 0 aliphatic rings. The number of aromatic amines is 1. The third-order valence-electron chi connectivity index (χ3n) is 2.35. The van der Waals surface area contributed by atoms with Crippen molar-refractivity contribution in [3.05, 3.63) is 36.0 Å². The van der Waals surface area contributed by atoms with Gasteiger partial charge in [0.25, 0.3) is 5.92 Å². The fourth-order valence-corrected chi connectivity index (χ4v) is 1.67. The van der Waals surface area contributed by atoms with E-state index in [0.29, 0.717) is 5.39 Å². The van der Waals surface area contributed by atoms with E-state index in [1.165, 1.54) is 12.1 Å². The van der Waals surface area contributed by atoms with Crippen molar-refractivity contribution in [2.75, 3.05) is 0 Å². The van der Waals surface area contributed by atoms with Crippen LogP contribution in [0, 0.1) is 0 Å². The predicted molar refractivity (Wildman–Crippen MR) is 54.4 cm³/mol. The van der Waals surface area contributed by atoms with Gasteiger partial charge < -0.3 is 10.1 Å². The molecule has 2 aromatic rings. The second-order valence-corrected chi connectivity index (χ2v) is 3.52. The van der Waals surface area contributed by atoms with Gasteiger partial charge in [-0.3, -0.25) is 4.79 Å². The maximum Gasteiger partial charge on any atom is 0.309 e. The van der Waals surface area contributed by atoms with E-state index in [0.717, 1.165) is 0 Å². The molecule has 0 radical (unpaired) electrons. The number of para-hydroxylation sites is 1. The number of H-pyrrole nitrogens is 1. The standard InChI is InChI=1S/C11H9F2NO2/c12-11(13,6-9(15)16)8-3-1-2-7-4-5-14-10(7)8/h1-5,14H,6H2,(H,15,16). The van der Waals surface area contributed by atoms with Gasteiger partial charge in [-0.1, -0.05) is 18.2 Å². The first kappa shape index (κ1) is 10.6. The van der Waals surface area contributed by atoms with Crippen molar-refractivity contribution in [2.45, 2.75) is 12.3 Å². The number of aromatic nitrogens is 1. The van der Waals surface area contributed by atoms with E-state index in [2.05, 4.69) is 4.98 Å². The largest absolute Gasteiger partial charge is 0.481 e. The SMILES string of the molecule is O=C(O)CC(F)(F)c1cccc2cc[nH]c12. The molecule has 16 heavy (non-hydrogen) atoms. The van der Waals surface area contributed by atoms with Gasteiger partial charge in [-0.15, -0.1) is 0 Å². The van der Waals surface area contributed by atoms with Gasteiger partial charge in [-0.05, 0) is 11.5 Å². The molecule has 0 bridgehead atoms. The highest BCUT2D eigenvalue weighted by molar-refractivity contribution is 5.83. The number of halogens is 2. The molecule has 0 aliphatic carbocycles. The Bertz CT molecular complexity index is 534. The lowest BCUT2D eigenvalue weighted by molar-refractivity contribution is -0.145. The number of fused-ring (bicyclic) bond motifs is 1. The Labute approximate surface area is 89.7 Å². The molecule has 0 amide bonds. The lowest BCUT2D eigenvalue weighted by Gasteiger charge is -2.15.